The average molecular weight is 699 g/mol. The Morgan fingerprint density at radius 1 is 0.920 bits per heavy atom. The van der Waals surface area contributed by atoms with E-state index >= 15 is 0 Å². The maximum absolute atomic E-state index is 13.2. The normalized spacial score (nSPS) is 42.2. The third kappa shape index (κ3) is 6.43. The number of fused-ring (bicyclic) bond motifs is 7. The monoisotopic (exact) mass is 699 g/mol. The summed E-state index contributed by atoms with van der Waals surface area (Å²) in [5.41, 5.74) is 9.11. The van der Waals surface area contributed by atoms with Crippen LogP contribution in [-0.4, -0.2) is 67.4 Å². The first kappa shape index (κ1) is 39.8. The van der Waals surface area contributed by atoms with Gasteiger partial charge in [0.1, 0.15) is 6.10 Å². The molecular weight excluding hydrogens is 624 g/mol. The van der Waals surface area contributed by atoms with Gasteiger partial charge in [-0.05, 0) is 148 Å². The molecule has 5 aliphatic rings. The minimum Gasteiger partial charge on any atom is -0.481 e. The molecule has 0 aromatic rings. The fourth-order valence-electron chi connectivity index (χ4n) is 14.2. The fraction of sp³-hybridized carbons (Fsp3) is 0.907. The second kappa shape index (κ2) is 13.8. The molecule has 0 radical (unpaired) electrons. The van der Waals surface area contributed by atoms with Crippen LogP contribution >= 0.6 is 0 Å². The molecule has 0 bridgehead atoms. The summed E-state index contributed by atoms with van der Waals surface area (Å²) in [6.45, 7) is 26.0. The van der Waals surface area contributed by atoms with E-state index in [-0.39, 0.29) is 52.1 Å². The minimum atomic E-state index is -0.877. The van der Waals surface area contributed by atoms with Crippen molar-refractivity contribution >= 4 is 11.9 Å². The molecule has 0 aromatic heterocycles. The van der Waals surface area contributed by atoms with Crippen LogP contribution in [0.3, 0.4) is 0 Å². The van der Waals surface area contributed by atoms with Crippen molar-refractivity contribution in [1.82, 2.24) is 4.90 Å². The van der Waals surface area contributed by atoms with Crippen molar-refractivity contribution < 1.29 is 24.2 Å². The van der Waals surface area contributed by atoms with Gasteiger partial charge in [-0.3, -0.25) is 9.59 Å². The van der Waals surface area contributed by atoms with E-state index in [1.54, 1.807) is 7.11 Å². The lowest BCUT2D eigenvalue weighted by Gasteiger charge is -2.76. The van der Waals surface area contributed by atoms with Gasteiger partial charge in [0.25, 0.3) is 0 Å². The lowest BCUT2D eigenvalue weighted by atomic mass is 9.30. The Bertz CT molecular complexity index is 1300. The number of allylic oxidation sites excluding steroid dienone is 1. The van der Waals surface area contributed by atoms with Crippen LogP contribution in [0.25, 0.3) is 0 Å². The summed E-state index contributed by atoms with van der Waals surface area (Å²) in [5, 5.41) is 9.35. The summed E-state index contributed by atoms with van der Waals surface area (Å²) in [5.74, 6) is 0.879. The molecule has 0 aromatic carbocycles. The number of esters is 1. The van der Waals surface area contributed by atoms with Crippen LogP contribution < -0.4 is 5.73 Å². The molecule has 7 nitrogen and oxygen atoms in total. The van der Waals surface area contributed by atoms with E-state index in [0.29, 0.717) is 29.1 Å². The maximum atomic E-state index is 13.2. The van der Waals surface area contributed by atoms with Gasteiger partial charge in [0.15, 0.2) is 0 Å². The largest absolute Gasteiger partial charge is 0.481 e. The maximum Gasteiger partial charge on any atom is 0.306 e. The van der Waals surface area contributed by atoms with Gasteiger partial charge in [0.05, 0.1) is 19.4 Å². The van der Waals surface area contributed by atoms with Gasteiger partial charge in [-0.1, -0.05) is 60.6 Å². The second-order valence-corrected chi connectivity index (χ2v) is 20.5. The number of aliphatic carboxylic acids is 1. The topological polar surface area (TPSA) is 102 Å². The Balaban J connectivity index is 1.38. The van der Waals surface area contributed by atoms with E-state index in [0.717, 1.165) is 45.4 Å². The molecule has 5 fully saturated rings. The summed E-state index contributed by atoms with van der Waals surface area (Å²) in [6.07, 6.45) is 13.9. The summed E-state index contributed by atoms with van der Waals surface area (Å²) in [6, 6.07) is 0. The highest BCUT2D eigenvalue weighted by molar-refractivity contribution is 5.73. The number of carbonyl (C=O) groups is 2. The van der Waals surface area contributed by atoms with Crippen molar-refractivity contribution in [3.63, 3.8) is 0 Å². The van der Waals surface area contributed by atoms with Gasteiger partial charge in [0.2, 0.25) is 0 Å². The summed E-state index contributed by atoms with van der Waals surface area (Å²) < 4.78 is 11.6. The van der Waals surface area contributed by atoms with Crippen molar-refractivity contribution in [3.8, 4) is 0 Å². The molecule has 50 heavy (non-hydrogen) atoms. The Hall–Kier alpha value is -1.44. The number of carboxylic acid groups (broad SMARTS) is 1. The Kier molecular flexibility index (Phi) is 10.9. The molecule has 0 unspecified atom stereocenters. The molecule has 5 saturated carbocycles. The number of likely N-dealkylation sites (N-methyl/N-ethyl adjacent to an activating group) is 1. The van der Waals surface area contributed by atoms with Crippen LogP contribution in [0.15, 0.2) is 12.2 Å². The number of carbonyl (C=O) groups excluding carboxylic acids is 1. The number of carboxylic acids is 1. The zero-order valence-electron chi connectivity index (χ0n) is 33.7. The summed E-state index contributed by atoms with van der Waals surface area (Å²) in [7, 11) is 4.01. The number of hydrogen-bond donors (Lipinski definition) is 2. The van der Waals surface area contributed by atoms with Crippen molar-refractivity contribution in [2.45, 2.75) is 157 Å². The zero-order valence-corrected chi connectivity index (χ0v) is 33.7. The van der Waals surface area contributed by atoms with Crippen LogP contribution in [0.5, 0.6) is 0 Å². The first-order valence-electron chi connectivity index (χ1n) is 20.2. The van der Waals surface area contributed by atoms with Crippen LogP contribution in [0.2, 0.25) is 0 Å². The highest BCUT2D eigenvalue weighted by Gasteiger charge is 2.75. The molecule has 0 amide bonds. The quantitative estimate of drug-likeness (QED) is 0.146. The fourth-order valence-corrected chi connectivity index (χ4v) is 14.2. The van der Waals surface area contributed by atoms with Gasteiger partial charge in [-0.15, -0.1) is 0 Å². The number of nitrogens with two attached hydrogens (primary N) is 1. The van der Waals surface area contributed by atoms with E-state index in [1.807, 2.05) is 13.8 Å². The van der Waals surface area contributed by atoms with E-state index < -0.39 is 11.4 Å². The Labute approximate surface area is 305 Å². The highest BCUT2D eigenvalue weighted by atomic mass is 16.5. The van der Waals surface area contributed by atoms with Crippen LogP contribution in [0.4, 0.5) is 0 Å². The number of methoxy groups -OCH3 is 1. The molecule has 5 rings (SSSR count). The molecule has 7 heteroatoms. The van der Waals surface area contributed by atoms with Crippen LogP contribution in [0, 0.1) is 56.2 Å². The molecule has 0 aliphatic heterocycles. The SMILES string of the molecule is C=C(C)[C@@H]1CC[C@]2(CCCN(C)CCOC)CC[C@@]3(C)[C@]4(C)CC[C@H]5C(C)(C)[C@@H](OC(=O)CC(C)(C)CC(=O)O)CC[C@]5(C)[C@H]4CC[C@]3(N)[C@@H]12. The van der Waals surface area contributed by atoms with Crippen molar-refractivity contribution in [1.29, 1.82) is 0 Å². The molecule has 3 N–H and O–H groups in total. The first-order chi connectivity index (χ1) is 23.1. The molecule has 10 atom stereocenters. The molecular formula is C43H74N2O5. The van der Waals surface area contributed by atoms with Gasteiger partial charge in [-0.25, -0.2) is 0 Å². The van der Waals surface area contributed by atoms with E-state index in [9.17, 15) is 14.7 Å². The number of ether oxygens (including phenoxy) is 2. The lowest BCUT2D eigenvalue weighted by Crippen LogP contribution is -2.76. The van der Waals surface area contributed by atoms with Gasteiger partial charge >= 0.3 is 11.9 Å². The molecule has 286 valence electrons. The zero-order chi connectivity index (χ0) is 37.1. The molecule has 0 spiro atoms. The number of hydrogen-bond acceptors (Lipinski definition) is 6. The summed E-state index contributed by atoms with van der Waals surface area (Å²) in [4.78, 5) is 27.1. The van der Waals surface area contributed by atoms with Crippen molar-refractivity contribution in [2.75, 3.05) is 33.9 Å². The van der Waals surface area contributed by atoms with Crippen LogP contribution in [-0.2, 0) is 19.1 Å². The third-order valence-corrected chi connectivity index (χ3v) is 16.9. The predicted molar refractivity (Wildman–Crippen MR) is 202 cm³/mol. The van der Waals surface area contributed by atoms with Crippen molar-refractivity contribution in [2.24, 2.45) is 61.9 Å². The van der Waals surface area contributed by atoms with E-state index in [2.05, 4.69) is 60.1 Å². The van der Waals surface area contributed by atoms with E-state index in [4.69, 9.17) is 15.2 Å². The van der Waals surface area contributed by atoms with Crippen LogP contribution in [0.1, 0.15) is 145 Å². The molecule has 0 heterocycles. The Morgan fingerprint density at radius 2 is 1.60 bits per heavy atom. The van der Waals surface area contributed by atoms with Gasteiger partial charge in [0, 0.05) is 24.6 Å². The van der Waals surface area contributed by atoms with Gasteiger partial charge in [-0.2, -0.15) is 0 Å². The first-order valence-corrected chi connectivity index (χ1v) is 20.2. The van der Waals surface area contributed by atoms with E-state index in [1.165, 1.54) is 56.9 Å². The standard InChI is InChI=1S/C43H74N2O5/c1-29(2)30-13-20-42(17-12-24-45(10)25-26-49-11)23-22-41(9)40(8)19-14-31-38(5,6)33(50-35(48)28-37(3,4)27-34(46)47)16-18-39(31,7)32(40)15-21-43(41,44)36(30)42/h30-33,36H,1,12-28,44H2,2-11H3,(H,46,47)/t30-,31-,32+,33-,36-,39-,40+,41-,42+,43-/m0/s1. The molecule has 5 aliphatic carbocycles. The second-order valence-electron chi connectivity index (χ2n) is 20.5. The minimum absolute atomic E-state index is 0.0418. The number of nitrogens with zero attached hydrogens (tertiary/aromatic N) is 1. The van der Waals surface area contributed by atoms with Gasteiger partial charge < -0.3 is 25.2 Å². The number of rotatable bonds is 13. The summed E-state index contributed by atoms with van der Waals surface area (Å²) >= 11 is 0. The average Bonchev–Trinajstić information content (AvgIpc) is 3.39. The highest BCUT2D eigenvalue weighted by Crippen LogP contribution is 2.78. The molecule has 0 saturated heterocycles. The Morgan fingerprint density at radius 3 is 2.24 bits per heavy atom. The van der Waals surface area contributed by atoms with Crippen molar-refractivity contribution in [3.05, 3.63) is 12.2 Å². The third-order valence-electron chi connectivity index (χ3n) is 16.9. The smallest absolute Gasteiger partial charge is 0.306 e. The lowest BCUT2D eigenvalue weighted by molar-refractivity contribution is -0.256. The predicted octanol–water partition coefficient (Wildman–Crippen LogP) is 8.89.